The van der Waals surface area contributed by atoms with Crippen LogP contribution in [0.3, 0.4) is 0 Å². The van der Waals surface area contributed by atoms with Crippen molar-refractivity contribution in [2.24, 2.45) is 0 Å². The number of nitriles is 1. The van der Waals surface area contributed by atoms with Crippen LogP contribution < -0.4 is 15.2 Å². The lowest BCUT2D eigenvalue weighted by Gasteiger charge is -2.08. The van der Waals surface area contributed by atoms with Crippen molar-refractivity contribution in [2.75, 3.05) is 12.8 Å². The second kappa shape index (κ2) is 5.01. The van der Waals surface area contributed by atoms with Gasteiger partial charge in [-0.2, -0.15) is 10.2 Å². The Morgan fingerprint density at radius 2 is 2.06 bits per heavy atom. The van der Waals surface area contributed by atoms with Gasteiger partial charge in [-0.25, -0.2) is 4.98 Å². The van der Waals surface area contributed by atoms with Crippen LogP contribution in [0.1, 0.15) is 5.56 Å². The standard InChI is InChI=1S/C12H10N4O2/c1-17-9-2-8(5-13)3-10(4-9)18-12-11(14)6-15-7-16-12/h2-4,6-7H,14H2,1H3. The summed E-state index contributed by atoms with van der Waals surface area (Å²) in [7, 11) is 1.51. The first-order chi connectivity index (χ1) is 8.72. The molecule has 1 heterocycles. The van der Waals surface area contributed by atoms with Gasteiger partial charge in [0.05, 0.1) is 24.9 Å². The predicted octanol–water partition coefficient (Wildman–Crippen LogP) is 1.73. The minimum atomic E-state index is 0.238. The summed E-state index contributed by atoms with van der Waals surface area (Å²) in [6.45, 7) is 0. The van der Waals surface area contributed by atoms with Gasteiger partial charge in [0.1, 0.15) is 23.5 Å². The summed E-state index contributed by atoms with van der Waals surface area (Å²) in [5.41, 5.74) is 6.41. The van der Waals surface area contributed by atoms with E-state index in [-0.39, 0.29) is 5.88 Å². The van der Waals surface area contributed by atoms with Gasteiger partial charge in [-0.3, -0.25) is 0 Å². The quantitative estimate of drug-likeness (QED) is 0.880. The van der Waals surface area contributed by atoms with Crippen molar-refractivity contribution in [1.82, 2.24) is 9.97 Å². The first kappa shape index (κ1) is 11.7. The molecule has 0 amide bonds. The Labute approximate surface area is 104 Å². The summed E-state index contributed by atoms with van der Waals surface area (Å²) in [6.07, 6.45) is 2.77. The second-order valence-corrected chi connectivity index (χ2v) is 3.39. The maximum Gasteiger partial charge on any atom is 0.245 e. The molecule has 0 aliphatic rings. The molecule has 1 aromatic heterocycles. The van der Waals surface area contributed by atoms with Crippen molar-refractivity contribution in [2.45, 2.75) is 0 Å². The zero-order chi connectivity index (χ0) is 13.0. The van der Waals surface area contributed by atoms with Gasteiger partial charge < -0.3 is 15.2 Å². The van der Waals surface area contributed by atoms with E-state index in [0.717, 1.165) is 0 Å². The molecule has 0 spiro atoms. The average molecular weight is 242 g/mol. The van der Waals surface area contributed by atoms with Crippen LogP contribution in [0.4, 0.5) is 5.69 Å². The largest absolute Gasteiger partial charge is 0.497 e. The molecule has 6 nitrogen and oxygen atoms in total. The molecule has 90 valence electrons. The van der Waals surface area contributed by atoms with Crippen LogP contribution in [0.5, 0.6) is 17.4 Å². The van der Waals surface area contributed by atoms with Crippen molar-refractivity contribution < 1.29 is 9.47 Å². The van der Waals surface area contributed by atoms with Gasteiger partial charge in [0.2, 0.25) is 5.88 Å². The highest BCUT2D eigenvalue weighted by Crippen LogP contribution is 2.28. The van der Waals surface area contributed by atoms with Crippen molar-refractivity contribution >= 4 is 5.69 Å². The third-order valence-electron chi connectivity index (χ3n) is 2.16. The van der Waals surface area contributed by atoms with Crippen LogP contribution in [-0.4, -0.2) is 17.1 Å². The molecule has 2 rings (SSSR count). The number of ether oxygens (including phenoxy) is 2. The smallest absolute Gasteiger partial charge is 0.245 e. The second-order valence-electron chi connectivity index (χ2n) is 3.39. The molecule has 6 heteroatoms. The van der Waals surface area contributed by atoms with Crippen LogP contribution in [0.2, 0.25) is 0 Å². The van der Waals surface area contributed by atoms with Crippen molar-refractivity contribution in [3.8, 4) is 23.4 Å². The molecule has 0 radical (unpaired) electrons. The highest BCUT2D eigenvalue weighted by molar-refractivity contribution is 5.49. The van der Waals surface area contributed by atoms with E-state index >= 15 is 0 Å². The number of rotatable bonds is 3. The highest BCUT2D eigenvalue weighted by Gasteiger charge is 2.06. The van der Waals surface area contributed by atoms with Crippen LogP contribution in [0.15, 0.2) is 30.7 Å². The number of aromatic nitrogens is 2. The maximum absolute atomic E-state index is 8.89. The van der Waals surface area contributed by atoms with Gasteiger partial charge in [0.15, 0.2) is 0 Å². The van der Waals surface area contributed by atoms with Crippen molar-refractivity contribution in [3.05, 3.63) is 36.3 Å². The minimum absolute atomic E-state index is 0.238. The van der Waals surface area contributed by atoms with Gasteiger partial charge in [0.25, 0.3) is 0 Å². The topological polar surface area (TPSA) is 94.0 Å². The SMILES string of the molecule is COc1cc(C#N)cc(Oc2ncncc2N)c1. The Hall–Kier alpha value is -2.81. The summed E-state index contributed by atoms with van der Waals surface area (Å²) in [5, 5.41) is 8.89. The molecule has 2 N–H and O–H groups in total. The van der Waals surface area contributed by atoms with E-state index in [0.29, 0.717) is 22.7 Å². The molecular weight excluding hydrogens is 232 g/mol. The van der Waals surface area contributed by atoms with E-state index in [2.05, 4.69) is 9.97 Å². The Balaban J connectivity index is 2.35. The number of nitrogens with zero attached hydrogens (tertiary/aromatic N) is 3. The normalized spacial score (nSPS) is 9.56. The van der Waals surface area contributed by atoms with E-state index in [9.17, 15) is 0 Å². The van der Waals surface area contributed by atoms with Gasteiger partial charge >= 0.3 is 0 Å². The summed E-state index contributed by atoms with van der Waals surface area (Å²) < 4.78 is 10.6. The van der Waals surface area contributed by atoms with Gasteiger partial charge in [-0.05, 0) is 12.1 Å². The lowest BCUT2D eigenvalue weighted by molar-refractivity contribution is 0.407. The summed E-state index contributed by atoms with van der Waals surface area (Å²) in [5.74, 6) is 1.19. The molecular formula is C12H10N4O2. The maximum atomic E-state index is 8.89. The number of nitrogen functional groups attached to an aromatic ring is 1. The lowest BCUT2D eigenvalue weighted by Crippen LogP contribution is -1.96. The molecule has 0 aliphatic carbocycles. The van der Waals surface area contributed by atoms with Crippen molar-refractivity contribution in [1.29, 1.82) is 5.26 Å². The van der Waals surface area contributed by atoms with E-state index in [1.54, 1.807) is 18.2 Å². The Kier molecular flexibility index (Phi) is 3.25. The summed E-state index contributed by atoms with van der Waals surface area (Å²) in [4.78, 5) is 7.66. The zero-order valence-electron chi connectivity index (χ0n) is 9.62. The molecule has 0 aliphatic heterocycles. The lowest BCUT2D eigenvalue weighted by atomic mass is 10.2. The van der Waals surface area contributed by atoms with E-state index in [4.69, 9.17) is 20.5 Å². The molecule has 0 saturated carbocycles. The number of hydrogen-bond acceptors (Lipinski definition) is 6. The number of benzene rings is 1. The van der Waals surface area contributed by atoms with Gasteiger partial charge in [0, 0.05) is 6.07 Å². The molecule has 18 heavy (non-hydrogen) atoms. The Morgan fingerprint density at radius 1 is 1.28 bits per heavy atom. The number of methoxy groups -OCH3 is 1. The number of hydrogen-bond donors (Lipinski definition) is 1. The third-order valence-corrected chi connectivity index (χ3v) is 2.16. The fourth-order valence-electron chi connectivity index (χ4n) is 1.34. The molecule has 0 saturated heterocycles. The van der Waals surface area contributed by atoms with E-state index in [1.807, 2.05) is 6.07 Å². The molecule has 1 aromatic carbocycles. The summed E-state index contributed by atoms with van der Waals surface area (Å²) >= 11 is 0. The number of nitrogens with two attached hydrogens (primary N) is 1. The first-order valence-corrected chi connectivity index (χ1v) is 5.05. The highest BCUT2D eigenvalue weighted by atomic mass is 16.5. The monoisotopic (exact) mass is 242 g/mol. The van der Waals surface area contributed by atoms with E-state index < -0.39 is 0 Å². The van der Waals surface area contributed by atoms with Crippen LogP contribution in [0.25, 0.3) is 0 Å². The van der Waals surface area contributed by atoms with E-state index in [1.165, 1.54) is 19.6 Å². The zero-order valence-corrected chi connectivity index (χ0v) is 9.62. The fraction of sp³-hybridized carbons (Fsp3) is 0.0833. The minimum Gasteiger partial charge on any atom is -0.497 e. The van der Waals surface area contributed by atoms with Crippen LogP contribution >= 0.6 is 0 Å². The first-order valence-electron chi connectivity index (χ1n) is 5.05. The fourth-order valence-corrected chi connectivity index (χ4v) is 1.34. The van der Waals surface area contributed by atoms with Gasteiger partial charge in [-0.15, -0.1) is 0 Å². The summed E-state index contributed by atoms with van der Waals surface area (Å²) in [6, 6.07) is 6.84. The van der Waals surface area contributed by atoms with Crippen LogP contribution in [-0.2, 0) is 0 Å². The average Bonchev–Trinajstić information content (AvgIpc) is 2.41. The molecule has 0 unspecified atom stereocenters. The Bertz CT molecular complexity index is 607. The molecule has 0 fully saturated rings. The third kappa shape index (κ3) is 2.47. The molecule has 0 bridgehead atoms. The number of anilines is 1. The molecule has 2 aromatic rings. The molecule has 0 atom stereocenters. The van der Waals surface area contributed by atoms with Crippen molar-refractivity contribution in [3.63, 3.8) is 0 Å². The predicted molar refractivity (Wildman–Crippen MR) is 64.2 cm³/mol. The van der Waals surface area contributed by atoms with Gasteiger partial charge in [-0.1, -0.05) is 0 Å². The van der Waals surface area contributed by atoms with Crippen LogP contribution in [0, 0.1) is 11.3 Å². The Morgan fingerprint density at radius 3 is 2.72 bits per heavy atom.